The number of nitrogens with zero attached hydrogens (tertiary/aromatic N) is 1. The van der Waals surface area contributed by atoms with Crippen LogP contribution < -0.4 is 4.74 Å². The lowest BCUT2D eigenvalue weighted by Gasteiger charge is -2.17. The molecule has 0 aliphatic carbocycles. The number of hydrogen-bond donors (Lipinski definition) is 0. The summed E-state index contributed by atoms with van der Waals surface area (Å²) in [6.45, 7) is 20.6. The number of aryl methyl sites for hydroxylation is 1. The molecule has 0 fully saturated rings. The molecule has 3 rings (SSSR count). The van der Waals surface area contributed by atoms with Crippen LogP contribution in [0.2, 0.25) is 0 Å². The van der Waals surface area contributed by atoms with Crippen molar-refractivity contribution in [1.29, 1.82) is 0 Å². The molecule has 0 atom stereocenters. The largest absolute Gasteiger partial charge is 0.489 e. The zero-order valence-electron chi connectivity index (χ0n) is 26.1. The van der Waals surface area contributed by atoms with Crippen molar-refractivity contribution in [2.45, 2.75) is 107 Å². The van der Waals surface area contributed by atoms with Gasteiger partial charge in [0.05, 0.1) is 12.3 Å². The zero-order chi connectivity index (χ0) is 29.4. The van der Waals surface area contributed by atoms with Crippen LogP contribution in [-0.2, 0) is 0 Å². The van der Waals surface area contributed by atoms with E-state index in [0.29, 0.717) is 17.2 Å². The quantitative estimate of drug-likeness (QED) is 0.245. The summed E-state index contributed by atoms with van der Waals surface area (Å²) in [6.07, 6.45) is 8.02. The Morgan fingerprint density at radius 2 is 1.31 bits per heavy atom. The number of allylic oxidation sites excluding steroid dienone is 1. The van der Waals surface area contributed by atoms with E-state index in [-0.39, 0.29) is 11.9 Å². The standard InChI is InChI=1S/C24H32.C10H13NO2.C2H6/c1-6-8-21(9-7-2)24(22-12-10-19(5)11-13-22)23-16-14-20(15-17-23)18(3)4;1-7(2)13-10-4-9(8(3)12)5-11-6-10;1-2/h10-18H,6-9H2,1-5H3;4-7H,1-3H3;1-2H3. The summed E-state index contributed by atoms with van der Waals surface area (Å²) >= 11 is 0. The molecule has 0 bridgehead atoms. The normalized spacial score (nSPS) is 10.3. The van der Waals surface area contributed by atoms with E-state index < -0.39 is 0 Å². The lowest BCUT2D eigenvalue weighted by molar-refractivity contribution is 0.101. The summed E-state index contributed by atoms with van der Waals surface area (Å²) in [5.74, 6) is 1.22. The third-order valence-electron chi connectivity index (χ3n) is 6.15. The number of carbonyl (C=O) groups is 1. The van der Waals surface area contributed by atoms with Crippen molar-refractivity contribution in [3.8, 4) is 5.75 Å². The first kappa shape index (κ1) is 33.8. The Hall–Kier alpha value is -3.20. The number of ether oxygens (including phenoxy) is 1. The Kier molecular flexibility index (Phi) is 15.7. The summed E-state index contributed by atoms with van der Waals surface area (Å²) < 4.78 is 5.39. The van der Waals surface area contributed by atoms with E-state index in [1.54, 1.807) is 17.8 Å². The molecule has 212 valence electrons. The number of benzene rings is 2. The van der Waals surface area contributed by atoms with Gasteiger partial charge in [0.15, 0.2) is 5.78 Å². The summed E-state index contributed by atoms with van der Waals surface area (Å²) in [4.78, 5) is 14.9. The minimum atomic E-state index is 0.00158. The Labute approximate surface area is 238 Å². The van der Waals surface area contributed by atoms with Crippen LogP contribution in [0.25, 0.3) is 5.57 Å². The molecule has 3 aromatic rings. The summed E-state index contributed by atoms with van der Waals surface area (Å²) in [5, 5.41) is 0. The van der Waals surface area contributed by atoms with Crippen LogP contribution >= 0.6 is 0 Å². The van der Waals surface area contributed by atoms with E-state index in [0.717, 1.165) is 0 Å². The smallest absolute Gasteiger partial charge is 0.161 e. The van der Waals surface area contributed by atoms with Crippen LogP contribution in [0.15, 0.2) is 72.6 Å². The van der Waals surface area contributed by atoms with E-state index in [1.165, 1.54) is 66.6 Å². The van der Waals surface area contributed by atoms with Crippen LogP contribution in [-0.4, -0.2) is 16.9 Å². The van der Waals surface area contributed by atoms with E-state index in [9.17, 15) is 4.79 Å². The molecule has 0 saturated heterocycles. The van der Waals surface area contributed by atoms with Crippen molar-refractivity contribution < 1.29 is 9.53 Å². The minimum Gasteiger partial charge on any atom is -0.489 e. The molecule has 0 radical (unpaired) electrons. The highest BCUT2D eigenvalue weighted by atomic mass is 16.5. The van der Waals surface area contributed by atoms with Crippen LogP contribution in [0.4, 0.5) is 0 Å². The van der Waals surface area contributed by atoms with Crippen molar-refractivity contribution >= 4 is 11.4 Å². The molecule has 3 heteroatoms. The second-order valence-corrected chi connectivity index (χ2v) is 10.3. The van der Waals surface area contributed by atoms with Gasteiger partial charge in [-0.2, -0.15) is 0 Å². The molecule has 0 aliphatic rings. The third kappa shape index (κ3) is 11.6. The molecule has 39 heavy (non-hydrogen) atoms. The first-order valence-electron chi connectivity index (χ1n) is 14.7. The van der Waals surface area contributed by atoms with Crippen LogP contribution in [0.5, 0.6) is 5.75 Å². The van der Waals surface area contributed by atoms with Gasteiger partial charge in [0.25, 0.3) is 0 Å². The predicted octanol–water partition coefficient (Wildman–Crippen LogP) is 10.6. The molecular formula is C36H51NO2. The Morgan fingerprint density at radius 3 is 1.74 bits per heavy atom. The van der Waals surface area contributed by atoms with Gasteiger partial charge < -0.3 is 4.74 Å². The highest BCUT2D eigenvalue weighted by Gasteiger charge is 2.12. The first-order valence-corrected chi connectivity index (χ1v) is 14.7. The van der Waals surface area contributed by atoms with Gasteiger partial charge in [0.2, 0.25) is 0 Å². The van der Waals surface area contributed by atoms with Crippen LogP contribution in [0.3, 0.4) is 0 Å². The first-order chi connectivity index (χ1) is 18.7. The van der Waals surface area contributed by atoms with Crippen molar-refractivity contribution in [3.05, 3.63) is 100 Å². The van der Waals surface area contributed by atoms with E-state index in [1.807, 2.05) is 27.7 Å². The summed E-state index contributed by atoms with van der Waals surface area (Å²) in [6, 6.07) is 20.0. The van der Waals surface area contributed by atoms with Gasteiger partial charge in [-0.3, -0.25) is 9.78 Å². The molecule has 0 aliphatic heterocycles. The average molecular weight is 530 g/mol. The van der Waals surface area contributed by atoms with Crippen molar-refractivity contribution in [1.82, 2.24) is 4.98 Å². The van der Waals surface area contributed by atoms with E-state index in [4.69, 9.17) is 4.74 Å². The molecule has 0 unspecified atom stereocenters. The Bertz CT molecular complexity index is 1130. The van der Waals surface area contributed by atoms with Crippen molar-refractivity contribution in [3.63, 3.8) is 0 Å². The minimum absolute atomic E-state index is 0.00158. The number of ketones is 1. The maximum atomic E-state index is 11.0. The molecule has 0 saturated carbocycles. The monoisotopic (exact) mass is 529 g/mol. The summed E-state index contributed by atoms with van der Waals surface area (Å²) in [7, 11) is 0. The summed E-state index contributed by atoms with van der Waals surface area (Å²) in [5.41, 5.74) is 9.08. The molecular weight excluding hydrogens is 478 g/mol. The van der Waals surface area contributed by atoms with Gasteiger partial charge in [-0.1, -0.05) is 114 Å². The van der Waals surface area contributed by atoms with E-state index in [2.05, 4.69) is 88.1 Å². The fraction of sp³-hybridized carbons (Fsp3) is 0.444. The maximum absolute atomic E-state index is 11.0. The van der Waals surface area contributed by atoms with Gasteiger partial charge in [-0.25, -0.2) is 0 Å². The number of Topliss-reactive ketones (excluding diaryl/α,β-unsaturated/α-hetero) is 1. The fourth-order valence-electron chi connectivity index (χ4n) is 4.26. The lowest BCUT2D eigenvalue weighted by atomic mass is 9.87. The molecule has 0 amide bonds. The lowest BCUT2D eigenvalue weighted by Crippen LogP contribution is -2.06. The van der Waals surface area contributed by atoms with Gasteiger partial charge >= 0.3 is 0 Å². The zero-order valence-corrected chi connectivity index (χ0v) is 26.1. The number of rotatable bonds is 10. The second kappa shape index (κ2) is 18.2. The number of carbonyl (C=O) groups excluding carboxylic acids is 1. The molecule has 1 aromatic heterocycles. The molecule has 3 nitrogen and oxygen atoms in total. The molecule has 2 aromatic carbocycles. The highest BCUT2D eigenvalue weighted by molar-refractivity contribution is 5.94. The SMILES string of the molecule is CC.CC(=O)c1cncc(OC(C)C)c1.CCCC(CCC)=C(c1ccc(C)cc1)c1ccc(C(C)C)cc1. The van der Waals surface area contributed by atoms with E-state index >= 15 is 0 Å². The average Bonchev–Trinajstić information content (AvgIpc) is 2.92. The Morgan fingerprint density at radius 1 is 0.795 bits per heavy atom. The fourth-order valence-corrected chi connectivity index (χ4v) is 4.26. The van der Waals surface area contributed by atoms with Gasteiger partial charge in [0.1, 0.15) is 5.75 Å². The number of hydrogen-bond acceptors (Lipinski definition) is 3. The topological polar surface area (TPSA) is 39.2 Å². The molecule has 0 N–H and O–H groups in total. The highest BCUT2D eigenvalue weighted by Crippen LogP contribution is 2.32. The van der Waals surface area contributed by atoms with Crippen molar-refractivity contribution in [2.24, 2.45) is 0 Å². The predicted molar refractivity (Wildman–Crippen MR) is 169 cm³/mol. The van der Waals surface area contributed by atoms with Gasteiger partial charge in [-0.15, -0.1) is 0 Å². The third-order valence-corrected chi connectivity index (χ3v) is 6.15. The molecule has 1 heterocycles. The van der Waals surface area contributed by atoms with Crippen molar-refractivity contribution in [2.75, 3.05) is 0 Å². The number of aromatic nitrogens is 1. The molecule has 0 spiro atoms. The van der Waals surface area contributed by atoms with Crippen LogP contribution in [0.1, 0.15) is 127 Å². The Balaban J connectivity index is 0.000000428. The van der Waals surface area contributed by atoms with Crippen LogP contribution in [0, 0.1) is 6.92 Å². The second-order valence-electron chi connectivity index (χ2n) is 10.3. The van der Waals surface area contributed by atoms with Gasteiger partial charge in [0, 0.05) is 11.8 Å². The number of pyridine rings is 1. The maximum Gasteiger partial charge on any atom is 0.161 e. The van der Waals surface area contributed by atoms with Gasteiger partial charge in [-0.05, 0) is 74.8 Å².